The second kappa shape index (κ2) is 15.0. The Labute approximate surface area is 213 Å². The number of aliphatic imine (C=N–C) groups is 1. The van der Waals surface area contributed by atoms with Gasteiger partial charge in [0.25, 0.3) is 5.91 Å². The quantitative estimate of drug-likeness (QED) is 0.0892. The highest BCUT2D eigenvalue weighted by atomic mass is 35.5. The standard InChI is InChI=1S/C22H33ClN8O5/c23-18-20(25)30-19(24)17(29-18)21(35)31-22(26)27-8-2-1-3-13-4-6-14(7-5-13)28-9-15(33)11-36-12-16(34)10-32/h4-7,15-16,28,32-34H,1-3,8-12H2,(H4,24,25,30)(H3,26,27,31,35)/t15-,16+/m1/s1. The lowest BCUT2D eigenvalue weighted by Crippen LogP contribution is -2.38. The molecule has 13 nitrogen and oxygen atoms in total. The Hall–Kier alpha value is -3.23. The van der Waals surface area contributed by atoms with E-state index in [0.717, 1.165) is 30.5 Å². The molecule has 0 aliphatic rings. The zero-order chi connectivity index (χ0) is 26.5. The molecule has 0 saturated carbocycles. The Morgan fingerprint density at radius 1 is 1.08 bits per heavy atom. The predicted molar refractivity (Wildman–Crippen MR) is 138 cm³/mol. The highest BCUT2D eigenvalue weighted by Crippen LogP contribution is 2.17. The molecule has 14 heteroatoms. The van der Waals surface area contributed by atoms with Gasteiger partial charge in [0.1, 0.15) is 6.10 Å². The first-order valence-corrected chi connectivity index (χ1v) is 11.6. The van der Waals surface area contributed by atoms with E-state index in [1.807, 2.05) is 24.3 Å². The smallest absolute Gasteiger partial charge is 0.280 e. The van der Waals surface area contributed by atoms with E-state index < -0.39 is 18.1 Å². The zero-order valence-electron chi connectivity index (χ0n) is 19.7. The number of aliphatic hydroxyl groups excluding tert-OH is 3. The molecule has 1 aromatic heterocycles. The zero-order valence-corrected chi connectivity index (χ0v) is 20.5. The van der Waals surface area contributed by atoms with Gasteiger partial charge in [0.05, 0.1) is 25.9 Å². The number of nitrogens with one attached hydrogen (secondary N) is 2. The predicted octanol–water partition coefficient (Wildman–Crippen LogP) is -0.496. The van der Waals surface area contributed by atoms with Crippen LogP contribution in [0.4, 0.5) is 17.3 Å². The maximum atomic E-state index is 12.2. The summed E-state index contributed by atoms with van der Waals surface area (Å²) in [6, 6.07) is 7.82. The number of nitrogens with zero attached hydrogens (tertiary/aromatic N) is 3. The molecule has 2 atom stereocenters. The summed E-state index contributed by atoms with van der Waals surface area (Å²) in [5.41, 5.74) is 18.7. The number of unbranched alkanes of at least 4 members (excludes halogenated alkanes) is 1. The maximum absolute atomic E-state index is 12.2. The van der Waals surface area contributed by atoms with Crippen LogP contribution in [0.2, 0.25) is 5.15 Å². The Morgan fingerprint density at radius 2 is 1.78 bits per heavy atom. The van der Waals surface area contributed by atoms with Crippen molar-refractivity contribution in [2.24, 2.45) is 10.7 Å². The number of hydrogen-bond donors (Lipinski definition) is 8. The number of rotatable bonds is 14. The number of hydrogen-bond acceptors (Lipinski definition) is 11. The van der Waals surface area contributed by atoms with Crippen molar-refractivity contribution < 1.29 is 24.9 Å². The fraction of sp³-hybridized carbons (Fsp3) is 0.455. The molecule has 1 aromatic carbocycles. The van der Waals surface area contributed by atoms with Gasteiger partial charge in [-0.3, -0.25) is 15.1 Å². The van der Waals surface area contributed by atoms with Crippen molar-refractivity contribution in [3.05, 3.63) is 40.7 Å². The van der Waals surface area contributed by atoms with Gasteiger partial charge in [-0.1, -0.05) is 23.7 Å². The molecule has 2 aromatic rings. The molecule has 0 aliphatic heterocycles. The molecule has 0 saturated heterocycles. The first-order valence-electron chi connectivity index (χ1n) is 11.3. The van der Waals surface area contributed by atoms with Crippen LogP contribution < -0.4 is 27.8 Å². The summed E-state index contributed by atoms with van der Waals surface area (Å²) in [6.45, 7) is 0.349. The summed E-state index contributed by atoms with van der Waals surface area (Å²) < 4.78 is 5.13. The molecule has 0 fully saturated rings. The third kappa shape index (κ3) is 10.2. The number of nitrogen functional groups attached to an aromatic ring is 2. The first-order chi connectivity index (χ1) is 17.2. The third-order valence-corrected chi connectivity index (χ3v) is 5.12. The van der Waals surface area contributed by atoms with Crippen molar-refractivity contribution >= 4 is 40.8 Å². The number of aliphatic hydroxyl groups is 3. The van der Waals surface area contributed by atoms with Gasteiger partial charge in [0.15, 0.2) is 28.4 Å². The van der Waals surface area contributed by atoms with Crippen molar-refractivity contribution in [2.45, 2.75) is 31.5 Å². The van der Waals surface area contributed by atoms with Gasteiger partial charge >= 0.3 is 0 Å². The molecule has 1 heterocycles. The first kappa shape index (κ1) is 29.0. The van der Waals surface area contributed by atoms with Crippen LogP contribution in [0.15, 0.2) is 29.3 Å². The molecule has 0 spiro atoms. The SMILES string of the molecule is NC(=NCCCCc1ccc(NC[C@@H](O)COC[C@@H](O)CO)cc1)NC(=O)c1nc(Cl)c(N)nc1N. The topological polar surface area (TPSA) is 227 Å². The number of benzene rings is 1. The molecule has 0 unspecified atom stereocenters. The number of guanidine groups is 1. The molecule has 2 rings (SSSR count). The number of aromatic nitrogens is 2. The van der Waals surface area contributed by atoms with E-state index >= 15 is 0 Å². The van der Waals surface area contributed by atoms with Crippen LogP contribution in [0, 0.1) is 0 Å². The van der Waals surface area contributed by atoms with Crippen LogP contribution in [-0.2, 0) is 11.2 Å². The summed E-state index contributed by atoms with van der Waals surface area (Å²) >= 11 is 5.77. The summed E-state index contributed by atoms with van der Waals surface area (Å²) in [5.74, 6) is -0.988. The lowest BCUT2D eigenvalue weighted by Gasteiger charge is -2.14. The molecular weight excluding hydrogens is 492 g/mol. The van der Waals surface area contributed by atoms with E-state index in [1.165, 1.54) is 0 Å². The van der Waals surface area contributed by atoms with Crippen molar-refractivity contribution in [1.29, 1.82) is 0 Å². The molecule has 0 aliphatic carbocycles. The van der Waals surface area contributed by atoms with Gasteiger partial charge in [0.2, 0.25) is 0 Å². The van der Waals surface area contributed by atoms with E-state index in [2.05, 4.69) is 25.6 Å². The molecular formula is C22H33ClN8O5. The minimum Gasteiger partial charge on any atom is -0.394 e. The second-order valence-electron chi connectivity index (χ2n) is 7.92. The number of anilines is 3. The summed E-state index contributed by atoms with van der Waals surface area (Å²) in [5, 5.41) is 33.2. The maximum Gasteiger partial charge on any atom is 0.280 e. The van der Waals surface area contributed by atoms with Gasteiger partial charge < -0.3 is 42.6 Å². The fourth-order valence-electron chi connectivity index (χ4n) is 2.94. The van der Waals surface area contributed by atoms with Crippen LogP contribution in [0.3, 0.4) is 0 Å². The van der Waals surface area contributed by atoms with Crippen LogP contribution in [0.5, 0.6) is 0 Å². The summed E-state index contributed by atoms with van der Waals surface area (Å²) in [7, 11) is 0. The van der Waals surface area contributed by atoms with Crippen LogP contribution in [0.1, 0.15) is 28.9 Å². The Kier molecular flexibility index (Phi) is 12.1. The molecule has 198 valence electrons. The number of nitrogens with two attached hydrogens (primary N) is 3. The monoisotopic (exact) mass is 524 g/mol. The van der Waals surface area contributed by atoms with Gasteiger partial charge in [-0.05, 0) is 37.0 Å². The average Bonchev–Trinajstić information content (AvgIpc) is 2.85. The van der Waals surface area contributed by atoms with E-state index in [1.54, 1.807) is 0 Å². The summed E-state index contributed by atoms with van der Waals surface area (Å²) in [4.78, 5) is 23.9. The normalized spacial score (nSPS) is 13.3. The number of carbonyl (C=O) groups is 1. The van der Waals surface area contributed by atoms with Crippen molar-refractivity contribution in [3.8, 4) is 0 Å². The molecule has 36 heavy (non-hydrogen) atoms. The third-order valence-electron chi connectivity index (χ3n) is 4.84. The minimum absolute atomic E-state index is 0.0297. The van der Waals surface area contributed by atoms with Gasteiger partial charge in [-0.2, -0.15) is 0 Å². The molecule has 11 N–H and O–H groups in total. The van der Waals surface area contributed by atoms with Gasteiger partial charge in [0, 0.05) is 18.8 Å². The average molecular weight is 525 g/mol. The summed E-state index contributed by atoms with van der Waals surface area (Å²) in [6.07, 6.45) is 0.756. The van der Waals surface area contributed by atoms with Crippen molar-refractivity contribution in [3.63, 3.8) is 0 Å². The number of carbonyl (C=O) groups excluding carboxylic acids is 1. The molecule has 1 amide bonds. The highest BCUT2D eigenvalue weighted by Gasteiger charge is 2.16. The van der Waals surface area contributed by atoms with E-state index in [4.69, 9.17) is 38.6 Å². The Balaban J connectivity index is 1.66. The van der Waals surface area contributed by atoms with Gasteiger partial charge in [-0.25, -0.2) is 9.97 Å². The Morgan fingerprint density at radius 3 is 2.47 bits per heavy atom. The number of halogens is 1. The lowest BCUT2D eigenvalue weighted by atomic mass is 10.1. The van der Waals surface area contributed by atoms with Crippen molar-refractivity contribution in [1.82, 2.24) is 15.3 Å². The number of aryl methyl sites for hydroxylation is 1. The minimum atomic E-state index is -0.946. The number of amides is 1. The lowest BCUT2D eigenvalue weighted by molar-refractivity contribution is -0.0212. The second-order valence-corrected chi connectivity index (χ2v) is 8.28. The van der Waals surface area contributed by atoms with Crippen molar-refractivity contribution in [2.75, 3.05) is 49.7 Å². The van der Waals surface area contributed by atoms with Crippen LogP contribution in [-0.4, -0.2) is 82.3 Å². The van der Waals surface area contributed by atoms with Crippen LogP contribution in [0.25, 0.3) is 0 Å². The number of ether oxygens (including phenoxy) is 1. The molecule has 0 radical (unpaired) electrons. The molecule has 0 bridgehead atoms. The van der Waals surface area contributed by atoms with E-state index in [0.29, 0.717) is 6.54 Å². The largest absolute Gasteiger partial charge is 0.394 e. The van der Waals surface area contributed by atoms with Gasteiger partial charge in [-0.15, -0.1) is 0 Å². The van der Waals surface area contributed by atoms with E-state index in [-0.39, 0.29) is 54.8 Å². The van der Waals surface area contributed by atoms with E-state index in [9.17, 15) is 15.0 Å². The highest BCUT2D eigenvalue weighted by molar-refractivity contribution is 6.31. The van der Waals surface area contributed by atoms with Crippen LogP contribution >= 0.6 is 11.6 Å². The Bertz CT molecular complexity index is 1010. The fourth-order valence-corrected chi connectivity index (χ4v) is 3.07.